The van der Waals surface area contributed by atoms with Crippen LogP contribution in [-0.2, 0) is 17.8 Å². The van der Waals surface area contributed by atoms with E-state index < -0.39 is 0 Å². The lowest BCUT2D eigenvalue weighted by molar-refractivity contribution is 0.108. The Morgan fingerprint density at radius 2 is 2.00 bits per heavy atom. The van der Waals surface area contributed by atoms with Gasteiger partial charge in [0, 0.05) is 35.6 Å². The van der Waals surface area contributed by atoms with Crippen LogP contribution in [0.15, 0.2) is 30.6 Å². The fourth-order valence-corrected chi connectivity index (χ4v) is 2.78. The Morgan fingerprint density at radius 1 is 1.14 bits per heavy atom. The molecule has 0 atom stereocenters. The van der Waals surface area contributed by atoms with Crippen LogP contribution in [0.25, 0.3) is 22.4 Å². The Labute approximate surface area is 126 Å². The summed E-state index contributed by atoms with van der Waals surface area (Å²) in [7, 11) is 0. The van der Waals surface area contributed by atoms with Crippen LogP contribution in [0.3, 0.4) is 0 Å². The maximum absolute atomic E-state index is 5.44. The van der Waals surface area contributed by atoms with Gasteiger partial charge in [0.25, 0.3) is 0 Å². The first-order chi connectivity index (χ1) is 10.3. The molecular weight excluding hydrogens is 284 g/mol. The van der Waals surface area contributed by atoms with E-state index in [9.17, 15) is 0 Å². The summed E-state index contributed by atoms with van der Waals surface area (Å²) in [5.41, 5.74) is 4.79. The SMILES string of the molecule is S=c1nc(-c2ccc3nccnc3c2)[nH]c2c1COCC2. The minimum Gasteiger partial charge on any atom is -0.376 e. The van der Waals surface area contributed by atoms with Crippen LogP contribution in [0.5, 0.6) is 0 Å². The van der Waals surface area contributed by atoms with E-state index in [2.05, 4.69) is 19.9 Å². The van der Waals surface area contributed by atoms with Gasteiger partial charge in [-0.25, -0.2) is 4.98 Å². The molecule has 104 valence electrons. The summed E-state index contributed by atoms with van der Waals surface area (Å²) in [6, 6.07) is 5.90. The van der Waals surface area contributed by atoms with Crippen molar-refractivity contribution in [2.24, 2.45) is 0 Å². The number of ether oxygens (including phenoxy) is 1. The highest BCUT2D eigenvalue weighted by Gasteiger charge is 2.14. The number of rotatable bonds is 1. The topological polar surface area (TPSA) is 63.7 Å². The lowest BCUT2D eigenvalue weighted by Gasteiger charge is -2.17. The number of nitrogens with one attached hydrogen (secondary N) is 1. The molecule has 21 heavy (non-hydrogen) atoms. The van der Waals surface area contributed by atoms with Crippen molar-refractivity contribution < 1.29 is 4.74 Å². The first-order valence-corrected chi connectivity index (χ1v) is 7.13. The summed E-state index contributed by atoms with van der Waals surface area (Å²) in [4.78, 5) is 16.5. The zero-order valence-corrected chi connectivity index (χ0v) is 12.0. The fourth-order valence-electron chi connectivity index (χ4n) is 2.50. The van der Waals surface area contributed by atoms with Crippen LogP contribution in [0.1, 0.15) is 11.3 Å². The molecule has 1 aromatic carbocycles. The highest BCUT2D eigenvalue weighted by atomic mass is 32.1. The van der Waals surface area contributed by atoms with Crippen LogP contribution < -0.4 is 0 Å². The lowest BCUT2D eigenvalue weighted by atomic mass is 10.1. The van der Waals surface area contributed by atoms with E-state index in [0.717, 1.165) is 40.1 Å². The van der Waals surface area contributed by atoms with E-state index in [1.165, 1.54) is 0 Å². The second-order valence-corrected chi connectivity index (χ2v) is 5.30. The smallest absolute Gasteiger partial charge is 0.139 e. The molecule has 0 saturated carbocycles. The standard InChI is InChI=1S/C15H12N4OS/c21-15-10-8-20-6-3-11(10)18-14(19-15)9-1-2-12-13(7-9)17-5-4-16-12/h1-2,4-5,7H,3,6,8H2,(H,18,19,21). The number of benzene rings is 1. The molecule has 0 spiro atoms. The van der Waals surface area contributed by atoms with Gasteiger partial charge in [-0.2, -0.15) is 0 Å². The van der Waals surface area contributed by atoms with E-state index in [1.807, 2.05) is 18.2 Å². The van der Waals surface area contributed by atoms with E-state index in [0.29, 0.717) is 17.9 Å². The molecule has 1 N–H and O–H groups in total. The molecule has 5 nitrogen and oxygen atoms in total. The number of H-pyrrole nitrogens is 1. The highest BCUT2D eigenvalue weighted by molar-refractivity contribution is 7.71. The zero-order chi connectivity index (χ0) is 14.2. The van der Waals surface area contributed by atoms with E-state index in [1.54, 1.807) is 12.4 Å². The van der Waals surface area contributed by atoms with Gasteiger partial charge >= 0.3 is 0 Å². The summed E-state index contributed by atoms with van der Waals surface area (Å²) in [6.07, 6.45) is 4.21. The Morgan fingerprint density at radius 3 is 2.90 bits per heavy atom. The zero-order valence-electron chi connectivity index (χ0n) is 11.2. The van der Waals surface area contributed by atoms with Crippen molar-refractivity contribution in [2.75, 3.05) is 6.61 Å². The highest BCUT2D eigenvalue weighted by Crippen LogP contribution is 2.23. The average molecular weight is 296 g/mol. The predicted molar refractivity (Wildman–Crippen MR) is 81.3 cm³/mol. The van der Waals surface area contributed by atoms with Gasteiger partial charge in [-0.1, -0.05) is 12.2 Å². The number of aromatic nitrogens is 4. The van der Waals surface area contributed by atoms with E-state index in [-0.39, 0.29) is 0 Å². The Balaban J connectivity index is 1.88. The summed E-state index contributed by atoms with van der Waals surface area (Å²) < 4.78 is 6.04. The van der Waals surface area contributed by atoms with Crippen molar-refractivity contribution in [3.63, 3.8) is 0 Å². The third-order valence-corrected chi connectivity index (χ3v) is 3.93. The van der Waals surface area contributed by atoms with Crippen molar-refractivity contribution in [3.05, 3.63) is 46.5 Å². The molecule has 2 aromatic heterocycles. The number of hydrogen-bond acceptors (Lipinski definition) is 5. The maximum atomic E-state index is 5.44. The number of aromatic amines is 1. The van der Waals surface area contributed by atoms with Crippen molar-refractivity contribution in [3.8, 4) is 11.4 Å². The van der Waals surface area contributed by atoms with Crippen LogP contribution >= 0.6 is 12.2 Å². The van der Waals surface area contributed by atoms with E-state index in [4.69, 9.17) is 17.0 Å². The van der Waals surface area contributed by atoms with Crippen LogP contribution in [0, 0.1) is 4.64 Å². The Bertz CT molecular complexity index is 890. The minimum absolute atomic E-state index is 0.543. The first-order valence-electron chi connectivity index (χ1n) is 6.72. The predicted octanol–water partition coefficient (Wildman–Crippen LogP) is 2.82. The summed E-state index contributed by atoms with van der Waals surface area (Å²) in [5.74, 6) is 0.771. The van der Waals surface area contributed by atoms with Crippen LogP contribution in [0.4, 0.5) is 0 Å². The Kier molecular flexibility index (Phi) is 2.98. The molecule has 0 radical (unpaired) electrons. The normalized spacial score (nSPS) is 14.1. The summed E-state index contributed by atoms with van der Waals surface area (Å²) >= 11 is 5.38. The van der Waals surface area contributed by atoms with E-state index >= 15 is 0 Å². The van der Waals surface area contributed by atoms with Crippen LogP contribution in [-0.4, -0.2) is 26.5 Å². The molecule has 1 aliphatic heterocycles. The number of fused-ring (bicyclic) bond motifs is 2. The van der Waals surface area contributed by atoms with Gasteiger partial charge in [0.2, 0.25) is 0 Å². The maximum Gasteiger partial charge on any atom is 0.139 e. The van der Waals surface area contributed by atoms with Gasteiger partial charge in [0.1, 0.15) is 10.5 Å². The largest absolute Gasteiger partial charge is 0.376 e. The molecule has 0 bridgehead atoms. The summed E-state index contributed by atoms with van der Waals surface area (Å²) in [5, 5.41) is 0. The molecule has 0 unspecified atom stereocenters. The molecular formula is C15H12N4OS. The molecule has 3 heterocycles. The number of hydrogen-bond donors (Lipinski definition) is 1. The molecule has 0 saturated heterocycles. The first kappa shape index (κ1) is 12.6. The van der Waals surface area contributed by atoms with Gasteiger partial charge in [0.15, 0.2) is 0 Å². The molecule has 0 fully saturated rings. The quantitative estimate of drug-likeness (QED) is 0.700. The Hall–Kier alpha value is -2.18. The second-order valence-electron chi connectivity index (χ2n) is 4.91. The number of nitrogens with zero attached hydrogens (tertiary/aromatic N) is 3. The van der Waals surface area contributed by atoms with Crippen molar-refractivity contribution in [1.29, 1.82) is 0 Å². The monoisotopic (exact) mass is 296 g/mol. The molecule has 1 aliphatic rings. The third kappa shape index (κ3) is 2.22. The van der Waals surface area contributed by atoms with Crippen molar-refractivity contribution >= 4 is 23.3 Å². The van der Waals surface area contributed by atoms with Crippen molar-refractivity contribution in [2.45, 2.75) is 13.0 Å². The molecule has 6 heteroatoms. The van der Waals surface area contributed by atoms with Gasteiger partial charge in [-0.05, 0) is 18.2 Å². The fraction of sp³-hybridized carbons (Fsp3) is 0.200. The minimum atomic E-state index is 0.543. The van der Waals surface area contributed by atoms with Crippen LogP contribution in [0.2, 0.25) is 0 Å². The molecule has 0 aliphatic carbocycles. The average Bonchev–Trinajstić information content (AvgIpc) is 2.54. The third-order valence-electron chi connectivity index (χ3n) is 3.59. The van der Waals surface area contributed by atoms with Gasteiger partial charge in [-0.3, -0.25) is 9.97 Å². The molecule has 3 aromatic rings. The molecule has 0 amide bonds. The lowest BCUT2D eigenvalue weighted by Crippen LogP contribution is -2.14. The van der Waals surface area contributed by atoms with Gasteiger partial charge < -0.3 is 9.72 Å². The van der Waals surface area contributed by atoms with Gasteiger partial charge in [-0.15, -0.1) is 0 Å². The van der Waals surface area contributed by atoms with Crippen molar-refractivity contribution in [1.82, 2.24) is 19.9 Å². The summed E-state index contributed by atoms with van der Waals surface area (Å²) in [6.45, 7) is 1.26. The second kappa shape index (κ2) is 4.98. The molecule has 4 rings (SSSR count). The van der Waals surface area contributed by atoms with Gasteiger partial charge in [0.05, 0.1) is 24.2 Å².